The van der Waals surface area contributed by atoms with E-state index in [9.17, 15) is 0 Å². The number of ether oxygens (including phenoxy) is 2. The molecular formula is C11H11IN4O2. The summed E-state index contributed by atoms with van der Waals surface area (Å²) >= 11 is 2.16. The molecule has 0 saturated carbocycles. The summed E-state index contributed by atoms with van der Waals surface area (Å²) in [5.74, 6) is 0.723. The molecule has 2 N–H and O–H groups in total. The molecule has 0 radical (unpaired) electrons. The fraction of sp³-hybridized carbons (Fsp3) is 0.182. The molecule has 1 aromatic heterocycles. The minimum Gasteiger partial charge on any atom is -0.464 e. The van der Waals surface area contributed by atoms with Crippen LogP contribution in [0.25, 0.3) is 0 Å². The molecule has 1 aromatic carbocycles. The third-order valence-corrected chi connectivity index (χ3v) is 2.81. The number of halogens is 1. The summed E-state index contributed by atoms with van der Waals surface area (Å²) < 4.78 is 11.7. The lowest BCUT2D eigenvalue weighted by molar-refractivity contribution is 0.304. The standard InChI is InChI=1S/C11H11IN4O2/c1-2-17-10-14-9(13)15-11(16-10)18-8-6-4-3-5-7(8)12/h3-6H,2H2,1H3,(H2,13,14,15,16). The van der Waals surface area contributed by atoms with E-state index in [1.54, 1.807) is 0 Å². The molecule has 94 valence electrons. The molecule has 0 saturated heterocycles. The fourth-order valence-corrected chi connectivity index (χ4v) is 1.72. The molecule has 0 fully saturated rings. The van der Waals surface area contributed by atoms with Gasteiger partial charge in [-0.25, -0.2) is 0 Å². The zero-order chi connectivity index (χ0) is 13.0. The molecule has 1 heterocycles. The lowest BCUT2D eigenvalue weighted by atomic mass is 10.3. The molecule has 2 aromatic rings. The van der Waals surface area contributed by atoms with E-state index in [2.05, 4.69) is 37.5 Å². The number of hydrogen-bond acceptors (Lipinski definition) is 6. The van der Waals surface area contributed by atoms with Gasteiger partial charge in [-0.05, 0) is 41.6 Å². The van der Waals surface area contributed by atoms with Crippen LogP contribution in [0, 0.1) is 3.57 Å². The number of nitrogens with two attached hydrogens (primary N) is 1. The Bertz CT molecular complexity index is 550. The highest BCUT2D eigenvalue weighted by atomic mass is 127. The number of nitrogen functional groups attached to an aromatic ring is 1. The minimum absolute atomic E-state index is 0.0642. The van der Waals surface area contributed by atoms with Crippen LogP contribution in [-0.2, 0) is 0 Å². The van der Waals surface area contributed by atoms with Gasteiger partial charge in [0.15, 0.2) is 0 Å². The van der Waals surface area contributed by atoms with Gasteiger partial charge in [-0.2, -0.15) is 9.97 Å². The predicted octanol–water partition coefficient (Wildman–Crippen LogP) is 2.25. The van der Waals surface area contributed by atoms with Gasteiger partial charge >= 0.3 is 12.0 Å². The van der Waals surface area contributed by atoms with Gasteiger partial charge in [-0.15, -0.1) is 4.98 Å². The maximum Gasteiger partial charge on any atom is 0.330 e. The monoisotopic (exact) mass is 358 g/mol. The lowest BCUT2D eigenvalue weighted by Gasteiger charge is -2.07. The molecule has 0 spiro atoms. The molecule has 0 unspecified atom stereocenters. The van der Waals surface area contributed by atoms with Crippen molar-refractivity contribution in [1.82, 2.24) is 15.0 Å². The van der Waals surface area contributed by atoms with Crippen LogP contribution in [0.5, 0.6) is 17.8 Å². The molecule has 2 rings (SSSR count). The third kappa shape index (κ3) is 3.19. The second-order valence-corrected chi connectivity index (χ2v) is 4.39. The summed E-state index contributed by atoms with van der Waals surface area (Å²) in [5.41, 5.74) is 5.56. The Morgan fingerprint density at radius 1 is 1.17 bits per heavy atom. The molecule has 6 nitrogen and oxygen atoms in total. The summed E-state index contributed by atoms with van der Waals surface area (Å²) in [6, 6.07) is 7.81. The first-order chi connectivity index (χ1) is 8.69. The van der Waals surface area contributed by atoms with Crippen molar-refractivity contribution >= 4 is 28.5 Å². The summed E-state index contributed by atoms with van der Waals surface area (Å²) in [5, 5.41) is 0. The second-order valence-electron chi connectivity index (χ2n) is 3.22. The molecule has 0 aliphatic carbocycles. The average molecular weight is 358 g/mol. The topological polar surface area (TPSA) is 83.2 Å². The first-order valence-corrected chi connectivity index (χ1v) is 6.33. The van der Waals surface area contributed by atoms with Crippen LogP contribution in [0.3, 0.4) is 0 Å². The highest BCUT2D eigenvalue weighted by molar-refractivity contribution is 14.1. The number of aromatic nitrogens is 3. The first-order valence-electron chi connectivity index (χ1n) is 5.25. The van der Waals surface area contributed by atoms with Crippen LogP contribution >= 0.6 is 22.6 Å². The molecule has 0 aliphatic heterocycles. The SMILES string of the molecule is CCOc1nc(N)nc(Oc2ccccc2I)n1. The van der Waals surface area contributed by atoms with Crippen molar-refractivity contribution in [2.24, 2.45) is 0 Å². The Morgan fingerprint density at radius 2 is 1.89 bits per heavy atom. The number of rotatable bonds is 4. The zero-order valence-corrected chi connectivity index (χ0v) is 11.8. The maximum absolute atomic E-state index is 5.56. The Balaban J connectivity index is 2.26. The van der Waals surface area contributed by atoms with Gasteiger partial charge < -0.3 is 15.2 Å². The number of hydrogen-bond donors (Lipinski definition) is 1. The van der Waals surface area contributed by atoms with Crippen molar-refractivity contribution < 1.29 is 9.47 Å². The summed E-state index contributed by atoms with van der Waals surface area (Å²) in [7, 11) is 0. The lowest BCUT2D eigenvalue weighted by Crippen LogP contribution is -2.05. The largest absolute Gasteiger partial charge is 0.464 e. The van der Waals surface area contributed by atoms with Crippen molar-refractivity contribution in [1.29, 1.82) is 0 Å². The van der Waals surface area contributed by atoms with E-state index in [0.717, 1.165) is 3.57 Å². The minimum atomic E-state index is 0.0642. The van der Waals surface area contributed by atoms with Gasteiger partial charge in [0.2, 0.25) is 5.95 Å². The molecular weight excluding hydrogens is 347 g/mol. The van der Waals surface area contributed by atoms with Gasteiger partial charge in [0.25, 0.3) is 0 Å². The molecule has 0 bridgehead atoms. The summed E-state index contributed by atoms with van der Waals surface area (Å²) in [6.45, 7) is 2.28. The van der Waals surface area contributed by atoms with E-state index in [4.69, 9.17) is 15.2 Å². The van der Waals surface area contributed by atoms with Gasteiger partial charge in [0, 0.05) is 0 Å². The number of benzene rings is 1. The fourth-order valence-electron chi connectivity index (χ4n) is 1.22. The van der Waals surface area contributed by atoms with Crippen LogP contribution in [-0.4, -0.2) is 21.6 Å². The second kappa shape index (κ2) is 5.80. The number of para-hydroxylation sites is 1. The van der Waals surface area contributed by atoms with Gasteiger partial charge in [0.1, 0.15) is 5.75 Å². The van der Waals surface area contributed by atoms with Crippen LogP contribution in [0.2, 0.25) is 0 Å². The van der Waals surface area contributed by atoms with Crippen LogP contribution in [0.4, 0.5) is 5.95 Å². The van der Waals surface area contributed by atoms with E-state index in [0.29, 0.717) is 12.4 Å². The van der Waals surface area contributed by atoms with E-state index in [1.807, 2.05) is 31.2 Å². The normalized spacial score (nSPS) is 10.1. The van der Waals surface area contributed by atoms with Crippen molar-refractivity contribution in [2.75, 3.05) is 12.3 Å². The predicted molar refractivity (Wildman–Crippen MR) is 74.6 cm³/mol. The number of anilines is 1. The van der Waals surface area contributed by atoms with Crippen LogP contribution in [0.1, 0.15) is 6.92 Å². The van der Waals surface area contributed by atoms with E-state index in [-0.39, 0.29) is 18.0 Å². The Morgan fingerprint density at radius 3 is 2.61 bits per heavy atom. The van der Waals surface area contributed by atoms with Crippen LogP contribution in [0.15, 0.2) is 24.3 Å². The molecule has 18 heavy (non-hydrogen) atoms. The van der Waals surface area contributed by atoms with Gasteiger partial charge in [0.05, 0.1) is 10.2 Å². The van der Waals surface area contributed by atoms with Crippen LogP contribution < -0.4 is 15.2 Å². The average Bonchev–Trinajstić information content (AvgIpc) is 2.32. The maximum atomic E-state index is 5.56. The Kier molecular flexibility index (Phi) is 4.13. The van der Waals surface area contributed by atoms with E-state index in [1.165, 1.54) is 0 Å². The molecule has 7 heteroatoms. The van der Waals surface area contributed by atoms with Crippen molar-refractivity contribution in [3.8, 4) is 17.8 Å². The molecule has 0 atom stereocenters. The third-order valence-electron chi connectivity index (χ3n) is 1.92. The zero-order valence-electron chi connectivity index (χ0n) is 9.63. The Hall–Kier alpha value is -1.64. The smallest absolute Gasteiger partial charge is 0.330 e. The molecule has 0 amide bonds. The summed E-state index contributed by atoms with van der Waals surface area (Å²) in [6.07, 6.45) is 0. The highest BCUT2D eigenvalue weighted by Crippen LogP contribution is 2.24. The Labute approximate surface area is 118 Å². The first kappa shape index (κ1) is 12.8. The number of nitrogens with zero attached hydrogens (tertiary/aromatic N) is 3. The van der Waals surface area contributed by atoms with Crippen molar-refractivity contribution in [3.05, 3.63) is 27.8 Å². The highest BCUT2D eigenvalue weighted by Gasteiger charge is 2.08. The quantitative estimate of drug-likeness (QED) is 0.845. The van der Waals surface area contributed by atoms with E-state index < -0.39 is 0 Å². The summed E-state index contributed by atoms with van der Waals surface area (Å²) in [4.78, 5) is 11.8. The van der Waals surface area contributed by atoms with Crippen molar-refractivity contribution in [3.63, 3.8) is 0 Å². The van der Waals surface area contributed by atoms with Gasteiger partial charge in [-0.1, -0.05) is 12.1 Å². The van der Waals surface area contributed by atoms with Crippen molar-refractivity contribution in [2.45, 2.75) is 6.92 Å². The molecule has 0 aliphatic rings. The van der Waals surface area contributed by atoms with Gasteiger partial charge in [-0.3, -0.25) is 0 Å². The van der Waals surface area contributed by atoms with E-state index >= 15 is 0 Å².